The molecule has 1 aliphatic heterocycles. The van der Waals surface area contributed by atoms with Crippen molar-refractivity contribution in [1.82, 2.24) is 0 Å². The summed E-state index contributed by atoms with van der Waals surface area (Å²) in [6.07, 6.45) is -0.695. The van der Waals surface area contributed by atoms with Gasteiger partial charge in [0, 0.05) is 25.3 Å². The Bertz CT molecular complexity index is 920. The number of benzene rings is 1. The number of ether oxygens (including phenoxy) is 6. The molecule has 1 aliphatic rings. The Labute approximate surface area is 249 Å². The number of methoxy groups -OCH3 is 3. The minimum Gasteiger partial charge on any atom is -0.539 e. The zero-order valence-electron chi connectivity index (χ0n) is 24.9. The number of carboxylic acids is 4. The van der Waals surface area contributed by atoms with Crippen LogP contribution in [0, 0.1) is 0 Å². The molecule has 0 radical (unpaired) electrons. The molecule has 1 aromatic carbocycles. The van der Waals surface area contributed by atoms with Crippen molar-refractivity contribution in [3.05, 3.63) is 12.1 Å². The molecule has 43 heavy (non-hydrogen) atoms. The molecule has 1 aromatic rings. The standard InChI is InChI=1S/C22H38N2O7.2C2H2O4/c1-6-29-21(30-7-2)15-24-10-8-23(9-11-24)14-17(25)16-31-18-12-19(26-3)22(28-5)20(13-18)27-4;2*3-1(4)2(5)6/h12-13,17,21,25H,6-11,14-16H2,1-5H3;2*(H,3,4)(H,5,6). The molecule has 0 spiro atoms. The number of quaternary nitrogens is 2. The molecule has 5 N–H and O–H groups in total. The Morgan fingerprint density at radius 3 is 1.51 bits per heavy atom. The highest BCUT2D eigenvalue weighted by Gasteiger charge is 2.27. The van der Waals surface area contributed by atoms with Gasteiger partial charge in [-0.25, -0.2) is 9.59 Å². The highest BCUT2D eigenvalue weighted by molar-refractivity contribution is 6.26. The van der Waals surface area contributed by atoms with Crippen LogP contribution in [0.4, 0.5) is 0 Å². The van der Waals surface area contributed by atoms with Crippen LogP contribution >= 0.6 is 0 Å². The number of carboxylic acid groups (broad SMARTS) is 4. The molecule has 1 atom stereocenters. The van der Waals surface area contributed by atoms with Crippen LogP contribution in [0.1, 0.15) is 13.8 Å². The van der Waals surface area contributed by atoms with Crippen LogP contribution in [-0.4, -0.2) is 132 Å². The average molecular weight is 623 g/mol. The summed E-state index contributed by atoms with van der Waals surface area (Å²) in [5.74, 6) is -5.90. The molecule has 2 rings (SSSR count). The summed E-state index contributed by atoms with van der Waals surface area (Å²) >= 11 is 0. The van der Waals surface area contributed by atoms with Crippen LogP contribution < -0.4 is 39.0 Å². The number of hydrogen-bond acceptors (Lipinski definition) is 13. The van der Waals surface area contributed by atoms with Gasteiger partial charge >= 0.3 is 11.9 Å². The van der Waals surface area contributed by atoms with Crippen molar-refractivity contribution in [2.75, 3.05) is 80.4 Å². The third kappa shape index (κ3) is 16.4. The first-order valence-corrected chi connectivity index (χ1v) is 13.2. The van der Waals surface area contributed by atoms with E-state index in [2.05, 4.69) is 0 Å². The van der Waals surface area contributed by atoms with Gasteiger partial charge in [0.05, 0.1) is 21.3 Å². The van der Waals surface area contributed by atoms with E-state index in [0.717, 1.165) is 32.7 Å². The molecule has 1 heterocycles. The molecule has 17 heteroatoms. The Morgan fingerprint density at radius 2 is 1.19 bits per heavy atom. The lowest BCUT2D eigenvalue weighted by molar-refractivity contribution is -1.02. The second-order valence-corrected chi connectivity index (χ2v) is 8.76. The van der Waals surface area contributed by atoms with Gasteiger partial charge in [0.2, 0.25) is 12.0 Å². The van der Waals surface area contributed by atoms with Gasteiger partial charge in [0.15, 0.2) is 23.4 Å². The maximum absolute atomic E-state index is 10.5. The van der Waals surface area contributed by atoms with Gasteiger partial charge < -0.3 is 73.3 Å². The van der Waals surface area contributed by atoms with Crippen molar-refractivity contribution in [2.24, 2.45) is 0 Å². The van der Waals surface area contributed by atoms with Gasteiger partial charge in [-0.3, -0.25) is 0 Å². The topological polar surface area (TPSA) is 239 Å². The minimum absolute atomic E-state index is 0.135. The average Bonchev–Trinajstić information content (AvgIpc) is 2.97. The Balaban J connectivity index is 0.00000123. The molecule has 0 aromatic heterocycles. The molecule has 246 valence electrons. The molecular formula is C26H42N2O15. The summed E-state index contributed by atoms with van der Waals surface area (Å²) in [5.41, 5.74) is 0. The Hall–Kier alpha value is -3.90. The predicted octanol–water partition coefficient (Wildman–Crippen LogP) is -5.72. The summed E-state index contributed by atoms with van der Waals surface area (Å²) in [7, 11) is 4.68. The fourth-order valence-corrected chi connectivity index (χ4v) is 3.86. The number of nitrogens with one attached hydrogen (secondary N) is 2. The van der Waals surface area contributed by atoms with Crippen molar-refractivity contribution in [3.63, 3.8) is 0 Å². The molecule has 0 aliphatic carbocycles. The Kier molecular flexibility index (Phi) is 19.8. The molecule has 17 nitrogen and oxygen atoms in total. The van der Waals surface area contributed by atoms with Gasteiger partial charge in [-0.2, -0.15) is 0 Å². The number of aliphatic carboxylic acids is 4. The van der Waals surface area contributed by atoms with Gasteiger partial charge in [-0.15, -0.1) is 0 Å². The maximum Gasteiger partial charge on any atom is 0.351 e. The van der Waals surface area contributed by atoms with E-state index in [1.54, 1.807) is 33.5 Å². The van der Waals surface area contributed by atoms with E-state index in [1.807, 2.05) is 13.8 Å². The lowest BCUT2D eigenvalue weighted by atomic mass is 10.2. The fraction of sp³-hybridized carbons (Fsp3) is 0.615. The van der Waals surface area contributed by atoms with E-state index in [0.29, 0.717) is 42.8 Å². The van der Waals surface area contributed by atoms with E-state index < -0.39 is 30.0 Å². The Morgan fingerprint density at radius 1 is 0.791 bits per heavy atom. The normalized spacial score (nSPS) is 16.3. The third-order valence-corrected chi connectivity index (χ3v) is 5.78. The van der Waals surface area contributed by atoms with Crippen molar-refractivity contribution < 1.29 is 82.9 Å². The highest BCUT2D eigenvalue weighted by Crippen LogP contribution is 2.40. The number of aliphatic hydroxyl groups excluding tert-OH is 1. The molecule has 0 amide bonds. The van der Waals surface area contributed by atoms with Crippen LogP contribution in [-0.2, 0) is 28.7 Å². The van der Waals surface area contributed by atoms with Crippen molar-refractivity contribution in [3.8, 4) is 23.0 Å². The summed E-state index contributed by atoms with van der Waals surface area (Å²) in [5, 5.41) is 43.1. The number of aliphatic hydroxyl groups is 1. The van der Waals surface area contributed by atoms with Crippen molar-refractivity contribution in [2.45, 2.75) is 26.2 Å². The SMILES string of the molecule is CCOC(C[NH+]1CC[NH+](CC(O)COc2cc(OC)c(OC)c(OC)c2)CC1)OCC.O=C([O-])C(=O)O.O=C([O-])C(=O)O. The zero-order valence-corrected chi connectivity index (χ0v) is 24.9. The molecule has 1 saturated heterocycles. The zero-order chi connectivity index (χ0) is 32.9. The van der Waals surface area contributed by atoms with E-state index in [1.165, 1.54) is 9.80 Å². The number of rotatable bonds is 14. The number of hydrogen-bond donors (Lipinski definition) is 5. The predicted molar refractivity (Wildman–Crippen MR) is 141 cm³/mol. The van der Waals surface area contributed by atoms with Crippen LogP contribution in [0.25, 0.3) is 0 Å². The summed E-state index contributed by atoms with van der Waals surface area (Å²) in [6.45, 7) is 11.1. The summed E-state index contributed by atoms with van der Waals surface area (Å²) in [4.78, 5) is 38.9. The highest BCUT2D eigenvalue weighted by atomic mass is 16.7. The first-order valence-electron chi connectivity index (χ1n) is 13.2. The molecule has 1 fully saturated rings. The fourth-order valence-electron chi connectivity index (χ4n) is 3.86. The van der Waals surface area contributed by atoms with E-state index in [9.17, 15) is 5.11 Å². The van der Waals surface area contributed by atoms with Gasteiger partial charge in [-0.05, 0) is 13.8 Å². The smallest absolute Gasteiger partial charge is 0.351 e. The maximum atomic E-state index is 10.5. The van der Waals surface area contributed by atoms with E-state index in [4.69, 9.17) is 68.0 Å². The van der Waals surface area contributed by atoms with Gasteiger partial charge in [-0.1, -0.05) is 0 Å². The van der Waals surface area contributed by atoms with Crippen molar-refractivity contribution >= 4 is 23.9 Å². The summed E-state index contributed by atoms with van der Waals surface area (Å²) < 4.78 is 33.1. The lowest BCUT2D eigenvalue weighted by Crippen LogP contribution is -3.29. The minimum atomic E-state index is -2.07. The first kappa shape index (κ1) is 39.1. The number of piperazine rings is 1. The monoisotopic (exact) mass is 622 g/mol. The summed E-state index contributed by atoms with van der Waals surface area (Å²) in [6, 6.07) is 3.46. The third-order valence-electron chi connectivity index (χ3n) is 5.78. The number of carbonyl (C=O) groups excluding carboxylic acids is 2. The van der Waals surface area contributed by atoms with Gasteiger partial charge in [0.1, 0.15) is 57.7 Å². The molecule has 0 saturated carbocycles. The van der Waals surface area contributed by atoms with Crippen molar-refractivity contribution in [1.29, 1.82) is 0 Å². The molecule has 0 bridgehead atoms. The quantitative estimate of drug-likeness (QED) is 0.0959. The lowest BCUT2D eigenvalue weighted by Gasteiger charge is -2.32. The second-order valence-electron chi connectivity index (χ2n) is 8.76. The van der Waals surface area contributed by atoms with Crippen LogP contribution in [0.2, 0.25) is 0 Å². The second kappa shape index (κ2) is 21.8. The largest absolute Gasteiger partial charge is 0.539 e. The number of carbonyl (C=O) groups is 4. The van der Waals surface area contributed by atoms with E-state index in [-0.39, 0.29) is 12.9 Å². The van der Waals surface area contributed by atoms with Gasteiger partial charge in [0.25, 0.3) is 0 Å². The van der Waals surface area contributed by atoms with Crippen LogP contribution in [0.15, 0.2) is 12.1 Å². The van der Waals surface area contributed by atoms with Crippen LogP contribution in [0.5, 0.6) is 23.0 Å². The molecule has 1 unspecified atom stereocenters. The van der Waals surface area contributed by atoms with Crippen LogP contribution in [0.3, 0.4) is 0 Å². The molecular weight excluding hydrogens is 580 g/mol. The first-order chi connectivity index (χ1) is 20.3. The van der Waals surface area contributed by atoms with E-state index >= 15 is 0 Å².